The topological polar surface area (TPSA) is 108 Å². The van der Waals surface area contributed by atoms with Crippen molar-refractivity contribution in [2.75, 3.05) is 12.4 Å². The Morgan fingerprint density at radius 1 is 1.13 bits per heavy atom. The first-order valence-corrected chi connectivity index (χ1v) is 12.0. The Labute approximate surface area is 216 Å². The standard InChI is InChI=1S/C24H17F4N7O2S/c1-37-19-10-30-18(21(25)26)7-15(19)14-6-17(13-8-31-35(11-13)23(27)28)29-9-16(14)22(36)32-24-34-33-20(38-24)5-4-12-2-3-12/h6-12,21,23H,2-3H2,1H3,(H,32,34,36). The quantitative estimate of drug-likeness (QED) is 0.252. The highest BCUT2D eigenvalue weighted by molar-refractivity contribution is 7.15. The predicted molar refractivity (Wildman–Crippen MR) is 129 cm³/mol. The lowest BCUT2D eigenvalue weighted by molar-refractivity contribution is 0.0566. The number of methoxy groups -OCH3 is 1. The minimum atomic E-state index is -2.89. The number of nitrogens with one attached hydrogen (secondary N) is 1. The molecular weight excluding hydrogens is 526 g/mol. The fraction of sp³-hybridized carbons (Fsp3) is 0.250. The summed E-state index contributed by atoms with van der Waals surface area (Å²) in [7, 11) is 1.32. The zero-order chi connectivity index (χ0) is 26.8. The zero-order valence-electron chi connectivity index (χ0n) is 19.5. The van der Waals surface area contributed by atoms with E-state index in [4.69, 9.17) is 4.74 Å². The van der Waals surface area contributed by atoms with Crippen LogP contribution >= 0.6 is 11.3 Å². The average Bonchev–Trinajstić information content (AvgIpc) is 3.41. The number of hydrogen-bond acceptors (Lipinski definition) is 8. The minimum Gasteiger partial charge on any atom is -0.494 e. The van der Waals surface area contributed by atoms with Gasteiger partial charge in [-0.05, 0) is 30.9 Å². The predicted octanol–water partition coefficient (Wildman–Crippen LogP) is 5.21. The molecule has 5 rings (SSSR count). The molecule has 14 heteroatoms. The zero-order valence-corrected chi connectivity index (χ0v) is 20.3. The van der Waals surface area contributed by atoms with Gasteiger partial charge in [0.05, 0.1) is 30.8 Å². The second kappa shape index (κ2) is 10.5. The van der Waals surface area contributed by atoms with Gasteiger partial charge in [-0.15, -0.1) is 10.2 Å². The molecule has 1 amide bonds. The van der Waals surface area contributed by atoms with Crippen LogP contribution in [0.3, 0.4) is 0 Å². The summed E-state index contributed by atoms with van der Waals surface area (Å²) >= 11 is 1.08. The van der Waals surface area contributed by atoms with Crippen molar-refractivity contribution < 1.29 is 27.1 Å². The van der Waals surface area contributed by atoms with Crippen LogP contribution < -0.4 is 10.1 Å². The number of hydrogen-bond donors (Lipinski definition) is 1. The fourth-order valence-electron chi connectivity index (χ4n) is 3.43. The van der Waals surface area contributed by atoms with Crippen LogP contribution in [-0.2, 0) is 0 Å². The Hall–Kier alpha value is -4.38. The van der Waals surface area contributed by atoms with Crippen LogP contribution in [0.5, 0.6) is 5.75 Å². The highest BCUT2D eigenvalue weighted by Gasteiger charge is 2.23. The van der Waals surface area contributed by atoms with Crippen molar-refractivity contribution in [2.45, 2.75) is 25.8 Å². The average molecular weight is 544 g/mol. The number of nitrogens with zero attached hydrogens (tertiary/aromatic N) is 6. The van der Waals surface area contributed by atoms with Gasteiger partial charge in [-0.1, -0.05) is 17.3 Å². The van der Waals surface area contributed by atoms with E-state index in [0.717, 1.165) is 42.6 Å². The van der Waals surface area contributed by atoms with Crippen molar-refractivity contribution in [3.63, 3.8) is 0 Å². The summed E-state index contributed by atoms with van der Waals surface area (Å²) in [4.78, 5) is 21.2. The molecule has 0 bridgehead atoms. The van der Waals surface area contributed by atoms with Gasteiger partial charge in [0, 0.05) is 35.0 Å². The SMILES string of the molecule is COc1cnc(C(F)F)cc1-c1cc(-c2cnn(C(F)F)c2)ncc1C(=O)Nc1nnc(C#CC2CC2)s1. The molecule has 9 nitrogen and oxygen atoms in total. The van der Waals surface area contributed by atoms with E-state index in [9.17, 15) is 22.4 Å². The lowest BCUT2D eigenvalue weighted by Crippen LogP contribution is -2.14. The molecule has 194 valence electrons. The van der Waals surface area contributed by atoms with Crippen molar-refractivity contribution >= 4 is 22.4 Å². The summed E-state index contributed by atoms with van der Waals surface area (Å²) in [5, 5.41) is 14.7. The van der Waals surface area contributed by atoms with E-state index in [0.29, 0.717) is 15.6 Å². The molecule has 4 aromatic heterocycles. The number of carbonyl (C=O) groups is 1. The van der Waals surface area contributed by atoms with Gasteiger partial charge in [-0.2, -0.15) is 13.9 Å². The van der Waals surface area contributed by atoms with Gasteiger partial charge < -0.3 is 4.74 Å². The van der Waals surface area contributed by atoms with E-state index in [1.165, 1.54) is 25.6 Å². The molecule has 0 radical (unpaired) electrons. The van der Waals surface area contributed by atoms with Crippen molar-refractivity contribution in [2.24, 2.45) is 5.92 Å². The molecule has 0 aromatic carbocycles. The molecule has 1 aliphatic rings. The van der Waals surface area contributed by atoms with Crippen LogP contribution in [0.15, 0.2) is 36.9 Å². The molecule has 1 aliphatic carbocycles. The van der Waals surface area contributed by atoms with E-state index in [-0.39, 0.29) is 38.8 Å². The summed E-state index contributed by atoms with van der Waals surface area (Å²) in [6.07, 6.45) is 3.79. The molecule has 0 aliphatic heterocycles. The van der Waals surface area contributed by atoms with E-state index < -0.39 is 24.6 Å². The monoisotopic (exact) mass is 543 g/mol. The van der Waals surface area contributed by atoms with Crippen LogP contribution in [0.2, 0.25) is 0 Å². The van der Waals surface area contributed by atoms with E-state index in [1.54, 1.807) is 0 Å². The van der Waals surface area contributed by atoms with Crippen molar-refractivity contribution in [3.8, 4) is 40.0 Å². The Kier molecular flexibility index (Phi) is 7.01. The van der Waals surface area contributed by atoms with Gasteiger partial charge in [0.1, 0.15) is 11.4 Å². The third-order valence-electron chi connectivity index (χ3n) is 5.47. The Balaban J connectivity index is 1.55. The Morgan fingerprint density at radius 3 is 2.63 bits per heavy atom. The summed E-state index contributed by atoms with van der Waals surface area (Å²) in [6.45, 7) is -2.87. The summed E-state index contributed by atoms with van der Waals surface area (Å²) in [5.74, 6) is 5.80. The van der Waals surface area contributed by atoms with Gasteiger partial charge >= 0.3 is 6.55 Å². The molecule has 4 aromatic rings. The third kappa shape index (κ3) is 5.47. The van der Waals surface area contributed by atoms with Crippen LogP contribution in [0, 0.1) is 17.8 Å². The largest absolute Gasteiger partial charge is 0.494 e. The van der Waals surface area contributed by atoms with Crippen molar-refractivity contribution in [1.29, 1.82) is 0 Å². The fourth-order valence-corrected chi connectivity index (χ4v) is 4.03. The van der Waals surface area contributed by atoms with Crippen LogP contribution in [0.4, 0.5) is 22.7 Å². The maximum Gasteiger partial charge on any atom is 0.333 e. The van der Waals surface area contributed by atoms with Crippen molar-refractivity contribution in [1.82, 2.24) is 29.9 Å². The Morgan fingerprint density at radius 2 is 1.95 bits per heavy atom. The van der Waals surface area contributed by atoms with E-state index in [1.807, 2.05) is 0 Å². The molecule has 38 heavy (non-hydrogen) atoms. The second-order valence-corrected chi connectivity index (χ2v) is 9.10. The summed E-state index contributed by atoms with van der Waals surface area (Å²) < 4.78 is 58.8. The van der Waals surface area contributed by atoms with Crippen LogP contribution in [0.1, 0.15) is 46.9 Å². The lowest BCUT2D eigenvalue weighted by atomic mass is 9.98. The number of aromatic nitrogens is 6. The van der Waals surface area contributed by atoms with Crippen molar-refractivity contribution in [3.05, 3.63) is 53.2 Å². The molecule has 0 saturated heterocycles. The molecule has 1 N–H and O–H groups in total. The van der Waals surface area contributed by atoms with Crippen LogP contribution in [-0.4, -0.2) is 43.0 Å². The number of amides is 1. The third-order valence-corrected chi connectivity index (χ3v) is 6.23. The van der Waals surface area contributed by atoms with E-state index >= 15 is 0 Å². The van der Waals surface area contributed by atoms with Crippen LogP contribution in [0.25, 0.3) is 22.4 Å². The van der Waals surface area contributed by atoms with E-state index in [2.05, 4.69) is 42.4 Å². The number of anilines is 1. The highest BCUT2D eigenvalue weighted by atomic mass is 32.1. The smallest absolute Gasteiger partial charge is 0.333 e. The number of pyridine rings is 2. The minimum absolute atomic E-state index is 0.0134. The Bertz CT molecular complexity index is 1560. The number of rotatable bonds is 7. The molecule has 4 heterocycles. The molecule has 0 atom stereocenters. The van der Waals surface area contributed by atoms with Gasteiger partial charge in [-0.25, -0.2) is 13.5 Å². The molecule has 1 saturated carbocycles. The number of carbonyl (C=O) groups excluding carboxylic acids is 1. The van der Waals surface area contributed by atoms with Gasteiger partial charge in [0.25, 0.3) is 12.3 Å². The summed E-state index contributed by atoms with van der Waals surface area (Å²) in [5.41, 5.74) is 0.121. The molecule has 0 spiro atoms. The maximum absolute atomic E-state index is 13.5. The second-order valence-electron chi connectivity index (χ2n) is 8.12. The van der Waals surface area contributed by atoms with Gasteiger partial charge in [0.15, 0.2) is 5.01 Å². The molecular formula is C24H17F4N7O2S. The summed E-state index contributed by atoms with van der Waals surface area (Å²) in [6, 6.07) is 2.50. The lowest BCUT2D eigenvalue weighted by Gasteiger charge is -2.14. The van der Waals surface area contributed by atoms with Gasteiger partial charge in [-0.3, -0.25) is 20.1 Å². The van der Waals surface area contributed by atoms with Gasteiger partial charge in [0.2, 0.25) is 5.13 Å². The maximum atomic E-state index is 13.5. The normalized spacial score (nSPS) is 12.9. The number of ether oxygens (including phenoxy) is 1. The molecule has 0 unspecified atom stereocenters. The first-order chi connectivity index (χ1) is 18.3. The number of halogens is 4. The first-order valence-electron chi connectivity index (χ1n) is 11.1. The first kappa shape index (κ1) is 25.3. The number of alkyl halides is 4. The highest BCUT2D eigenvalue weighted by Crippen LogP contribution is 2.36. The molecule has 1 fully saturated rings.